The van der Waals surface area contributed by atoms with Gasteiger partial charge in [-0.2, -0.15) is 0 Å². The fraction of sp³-hybridized carbons (Fsp3) is 0.333. The third-order valence-electron chi connectivity index (χ3n) is 6.02. The van der Waals surface area contributed by atoms with Crippen molar-refractivity contribution in [3.05, 3.63) is 92.2 Å². The van der Waals surface area contributed by atoms with Crippen molar-refractivity contribution in [3.63, 3.8) is 0 Å². The van der Waals surface area contributed by atoms with Crippen molar-refractivity contribution in [2.45, 2.75) is 58.9 Å². The standard InChI is InChI=1S/C27H31N/c1-3-5-10-20-16-19(18-28)17-21(11-6-4-2)26(20)25-15-9-14-24-22-12-7-8-13-23(22)27(24)25/h7-9,12-17H,3-6,10-11,18,28H2,1-2H3. The first-order valence-corrected chi connectivity index (χ1v) is 10.9. The van der Waals surface area contributed by atoms with Crippen molar-refractivity contribution in [2.75, 3.05) is 0 Å². The van der Waals surface area contributed by atoms with E-state index >= 15 is 0 Å². The van der Waals surface area contributed by atoms with E-state index in [1.54, 1.807) is 0 Å². The summed E-state index contributed by atoms with van der Waals surface area (Å²) in [5.74, 6) is 0. The Hall–Kier alpha value is -2.38. The summed E-state index contributed by atoms with van der Waals surface area (Å²) in [5, 5.41) is 5.63. The minimum atomic E-state index is 0.619. The van der Waals surface area contributed by atoms with Gasteiger partial charge in [-0.15, -0.1) is 0 Å². The van der Waals surface area contributed by atoms with Crippen LogP contribution in [0.2, 0.25) is 0 Å². The van der Waals surface area contributed by atoms with Crippen LogP contribution in [0.25, 0.3) is 11.1 Å². The van der Waals surface area contributed by atoms with Gasteiger partial charge in [0.15, 0.2) is 0 Å². The van der Waals surface area contributed by atoms with Gasteiger partial charge in [-0.25, -0.2) is 0 Å². The summed E-state index contributed by atoms with van der Waals surface area (Å²) in [7, 11) is 0. The molecule has 0 saturated heterocycles. The van der Waals surface area contributed by atoms with Crippen LogP contribution in [0.5, 0.6) is 0 Å². The van der Waals surface area contributed by atoms with Crippen LogP contribution in [0.1, 0.15) is 56.2 Å². The zero-order chi connectivity index (χ0) is 19.5. The molecule has 1 nitrogen and oxygen atoms in total. The molecule has 0 saturated carbocycles. The van der Waals surface area contributed by atoms with Crippen LogP contribution in [0, 0.1) is 20.9 Å². The van der Waals surface area contributed by atoms with Gasteiger partial charge in [0.05, 0.1) is 0 Å². The Morgan fingerprint density at radius 3 is 1.93 bits per heavy atom. The molecular weight excluding hydrogens is 338 g/mol. The minimum Gasteiger partial charge on any atom is -0.326 e. The molecule has 4 rings (SSSR count). The summed E-state index contributed by atoms with van der Waals surface area (Å²) >= 11 is 0. The van der Waals surface area contributed by atoms with Crippen LogP contribution in [-0.2, 0) is 19.4 Å². The molecule has 0 atom stereocenters. The van der Waals surface area contributed by atoms with Gasteiger partial charge < -0.3 is 5.73 Å². The fourth-order valence-electron chi connectivity index (χ4n) is 4.58. The van der Waals surface area contributed by atoms with Crippen molar-refractivity contribution >= 4 is 0 Å². The molecule has 1 aliphatic rings. The minimum absolute atomic E-state index is 0.619. The van der Waals surface area contributed by atoms with Gasteiger partial charge in [0.2, 0.25) is 0 Å². The number of fused-ring (bicyclic) bond motifs is 2. The van der Waals surface area contributed by atoms with Gasteiger partial charge >= 0.3 is 0 Å². The Morgan fingerprint density at radius 2 is 1.32 bits per heavy atom. The Kier molecular flexibility index (Phi) is 5.64. The number of rotatable bonds is 8. The summed E-state index contributed by atoms with van der Waals surface area (Å²) in [6, 6.07) is 20.4. The summed E-state index contributed by atoms with van der Waals surface area (Å²) in [5.41, 5.74) is 13.2. The average Bonchev–Trinajstić information content (AvgIpc) is 2.73. The van der Waals surface area contributed by atoms with Gasteiger partial charge in [-0.05, 0) is 74.4 Å². The van der Waals surface area contributed by atoms with Crippen molar-refractivity contribution in [3.8, 4) is 11.1 Å². The van der Waals surface area contributed by atoms with Crippen LogP contribution in [0.4, 0.5) is 0 Å². The van der Waals surface area contributed by atoms with Crippen molar-refractivity contribution in [2.24, 2.45) is 5.73 Å². The molecule has 0 amide bonds. The predicted molar refractivity (Wildman–Crippen MR) is 119 cm³/mol. The first kappa shape index (κ1) is 19.0. The van der Waals surface area contributed by atoms with Gasteiger partial charge in [0, 0.05) is 6.54 Å². The molecule has 1 aliphatic carbocycles. The van der Waals surface area contributed by atoms with E-state index in [2.05, 4.69) is 68.4 Å². The van der Waals surface area contributed by atoms with E-state index in [0.29, 0.717) is 6.54 Å². The maximum Gasteiger partial charge on any atom is 0.0178 e. The highest BCUT2D eigenvalue weighted by Crippen LogP contribution is 2.34. The Morgan fingerprint density at radius 1 is 0.714 bits per heavy atom. The lowest BCUT2D eigenvalue weighted by molar-refractivity contribution is 0.779. The second-order valence-corrected chi connectivity index (χ2v) is 7.97. The smallest absolute Gasteiger partial charge is 0.0178 e. The van der Waals surface area contributed by atoms with E-state index in [1.165, 1.54) is 74.4 Å². The molecule has 0 fully saturated rings. The first-order chi connectivity index (χ1) is 13.8. The molecular formula is C27H31N. The molecule has 0 heterocycles. The van der Waals surface area contributed by atoms with Crippen molar-refractivity contribution in [1.82, 2.24) is 0 Å². The lowest BCUT2D eigenvalue weighted by Gasteiger charge is -2.20. The molecule has 3 aromatic rings. The third kappa shape index (κ3) is 3.29. The lowest BCUT2D eigenvalue weighted by Crippen LogP contribution is -2.05. The Labute approximate surface area is 168 Å². The molecule has 2 N–H and O–H groups in total. The summed E-state index contributed by atoms with van der Waals surface area (Å²) in [6.07, 6.45) is 7.13. The number of aryl methyl sites for hydroxylation is 2. The second-order valence-electron chi connectivity index (χ2n) is 7.97. The number of unbranched alkanes of at least 4 members (excludes halogenated alkanes) is 2. The molecule has 0 radical (unpaired) electrons. The highest BCUT2D eigenvalue weighted by molar-refractivity contribution is 5.73. The van der Waals surface area contributed by atoms with Crippen molar-refractivity contribution in [1.29, 1.82) is 0 Å². The predicted octanol–water partition coefficient (Wildman–Crippen LogP) is 6.38. The first-order valence-electron chi connectivity index (χ1n) is 10.9. The molecule has 0 aromatic heterocycles. The van der Waals surface area contributed by atoms with Crippen LogP contribution in [-0.4, -0.2) is 0 Å². The molecule has 0 bridgehead atoms. The summed E-state index contributed by atoms with van der Waals surface area (Å²) in [4.78, 5) is 0. The quantitative estimate of drug-likeness (QED) is 0.383. The van der Waals surface area contributed by atoms with E-state index in [-0.39, 0.29) is 0 Å². The second kappa shape index (κ2) is 8.32. The van der Waals surface area contributed by atoms with Gasteiger partial charge in [0.1, 0.15) is 0 Å². The summed E-state index contributed by atoms with van der Waals surface area (Å²) in [6.45, 7) is 5.17. The van der Waals surface area contributed by atoms with E-state index < -0.39 is 0 Å². The normalized spacial score (nSPS) is 11.7. The highest BCUT2D eigenvalue weighted by atomic mass is 14.5. The van der Waals surface area contributed by atoms with Crippen LogP contribution < -0.4 is 5.73 Å². The molecule has 144 valence electrons. The number of hydrogen-bond donors (Lipinski definition) is 1. The monoisotopic (exact) mass is 369 g/mol. The number of hydrogen-bond acceptors (Lipinski definition) is 1. The zero-order valence-electron chi connectivity index (χ0n) is 17.2. The number of benzene rings is 3. The summed E-state index contributed by atoms with van der Waals surface area (Å²) < 4.78 is 0. The molecule has 0 aliphatic heterocycles. The van der Waals surface area contributed by atoms with Crippen LogP contribution >= 0.6 is 0 Å². The largest absolute Gasteiger partial charge is 0.326 e. The van der Waals surface area contributed by atoms with E-state index in [0.717, 1.165) is 12.8 Å². The van der Waals surface area contributed by atoms with Crippen LogP contribution in [0.15, 0.2) is 54.6 Å². The van der Waals surface area contributed by atoms with Crippen molar-refractivity contribution < 1.29 is 0 Å². The van der Waals surface area contributed by atoms with E-state index in [1.807, 2.05) is 0 Å². The lowest BCUT2D eigenvalue weighted by atomic mass is 9.84. The highest BCUT2D eigenvalue weighted by Gasteiger charge is 2.16. The van der Waals surface area contributed by atoms with Gasteiger partial charge in [-0.1, -0.05) is 81.3 Å². The van der Waals surface area contributed by atoms with E-state index in [4.69, 9.17) is 5.73 Å². The van der Waals surface area contributed by atoms with E-state index in [9.17, 15) is 0 Å². The zero-order valence-corrected chi connectivity index (χ0v) is 17.2. The van der Waals surface area contributed by atoms with Crippen LogP contribution in [0.3, 0.4) is 0 Å². The Balaban J connectivity index is 2.00. The fourth-order valence-corrected chi connectivity index (χ4v) is 4.58. The molecule has 0 unspecified atom stereocenters. The van der Waals surface area contributed by atoms with Gasteiger partial charge in [-0.3, -0.25) is 0 Å². The Bertz CT molecular complexity index is 1140. The molecule has 1 heteroatoms. The SMILES string of the molecule is CCCCc1cc(CN)cc(CCCC)c1-c1cccc2c1=c1ccccc1=2. The molecule has 3 aromatic carbocycles. The molecule has 28 heavy (non-hydrogen) atoms. The number of nitrogens with two attached hydrogens (primary N) is 1. The maximum atomic E-state index is 6.06. The topological polar surface area (TPSA) is 26.0 Å². The van der Waals surface area contributed by atoms with Gasteiger partial charge in [0.25, 0.3) is 0 Å². The maximum absolute atomic E-state index is 6.06. The average molecular weight is 370 g/mol. The third-order valence-corrected chi connectivity index (χ3v) is 6.02. The molecule has 0 spiro atoms.